The minimum absolute atomic E-state index is 0.145. The average molecular weight is 335 g/mol. The first-order chi connectivity index (χ1) is 11.7. The molecule has 0 spiro atoms. The summed E-state index contributed by atoms with van der Waals surface area (Å²) in [6.07, 6.45) is 19.1. The Morgan fingerprint density at radius 1 is 0.875 bits per heavy atom. The number of carbonyl (C=O) groups is 1. The lowest BCUT2D eigenvalue weighted by atomic mass is 10.0. The molecule has 0 radical (unpaired) electrons. The number of carbonyl (C=O) groups excluding carboxylic acids is 1. The van der Waals surface area contributed by atoms with Crippen molar-refractivity contribution in [1.82, 2.24) is 0 Å². The fourth-order valence-electron chi connectivity index (χ4n) is 3.00. The predicted molar refractivity (Wildman–Crippen MR) is 99.5 cm³/mol. The van der Waals surface area contributed by atoms with Crippen molar-refractivity contribution in [3.05, 3.63) is 36.6 Å². The van der Waals surface area contributed by atoms with Crippen molar-refractivity contribution in [2.24, 2.45) is 0 Å². The van der Waals surface area contributed by atoms with E-state index in [4.69, 9.17) is 4.74 Å². The number of hydrogen-bond acceptors (Lipinski definition) is 3. The number of ether oxygens (including phenoxy) is 1. The third kappa shape index (κ3) is 8.49. The number of cyclic esters (lactones) is 1. The standard InChI is InChI=1S/C21H34O3/c1-3-4-5-6-7-8-9-10-11-12-13-14-15-16-17-19-20(22)18(2)24-21(19)23/h3,17,20,22H,1-2,4-16H2/b19-17-/t20-/m0/s1. The second-order valence-electron chi connectivity index (χ2n) is 6.67. The molecule has 1 atom stereocenters. The van der Waals surface area contributed by atoms with Crippen LogP contribution in [0.1, 0.15) is 83.5 Å². The average Bonchev–Trinajstić information content (AvgIpc) is 2.81. The first kappa shape index (κ1) is 20.7. The van der Waals surface area contributed by atoms with Gasteiger partial charge < -0.3 is 9.84 Å². The lowest BCUT2D eigenvalue weighted by molar-refractivity contribution is -0.132. The highest BCUT2D eigenvalue weighted by atomic mass is 16.6. The molecule has 3 nitrogen and oxygen atoms in total. The van der Waals surface area contributed by atoms with Crippen LogP contribution in [0.5, 0.6) is 0 Å². The third-order valence-electron chi connectivity index (χ3n) is 4.54. The molecule has 0 amide bonds. The number of hydrogen-bond donors (Lipinski definition) is 1. The third-order valence-corrected chi connectivity index (χ3v) is 4.54. The summed E-state index contributed by atoms with van der Waals surface area (Å²) in [4.78, 5) is 11.4. The van der Waals surface area contributed by atoms with Gasteiger partial charge in [0.05, 0.1) is 5.57 Å². The molecule has 1 aliphatic heterocycles. The molecule has 1 aliphatic rings. The molecule has 0 saturated carbocycles. The molecule has 0 aromatic carbocycles. The van der Waals surface area contributed by atoms with E-state index >= 15 is 0 Å². The van der Waals surface area contributed by atoms with Crippen molar-refractivity contribution in [3.63, 3.8) is 0 Å². The molecule has 0 aliphatic carbocycles. The van der Waals surface area contributed by atoms with Crippen molar-refractivity contribution in [2.75, 3.05) is 0 Å². The smallest absolute Gasteiger partial charge is 0.341 e. The van der Waals surface area contributed by atoms with Crippen molar-refractivity contribution in [2.45, 2.75) is 89.6 Å². The molecule has 0 unspecified atom stereocenters. The van der Waals surface area contributed by atoms with Gasteiger partial charge in [-0.05, 0) is 25.7 Å². The normalized spacial score (nSPS) is 19.0. The number of unbranched alkanes of at least 4 members (excludes halogenated alkanes) is 12. The predicted octanol–water partition coefficient (Wildman–Crippen LogP) is 5.60. The minimum Gasteiger partial charge on any atom is -0.425 e. The molecule has 24 heavy (non-hydrogen) atoms. The monoisotopic (exact) mass is 334 g/mol. The van der Waals surface area contributed by atoms with Gasteiger partial charge in [-0.15, -0.1) is 6.58 Å². The summed E-state index contributed by atoms with van der Waals surface area (Å²) < 4.78 is 4.80. The van der Waals surface area contributed by atoms with Crippen LogP contribution in [0.15, 0.2) is 36.6 Å². The highest BCUT2D eigenvalue weighted by Gasteiger charge is 2.32. The molecule has 1 heterocycles. The molecule has 1 saturated heterocycles. The van der Waals surface area contributed by atoms with Crippen molar-refractivity contribution in [3.8, 4) is 0 Å². The summed E-state index contributed by atoms with van der Waals surface area (Å²) in [6.45, 7) is 7.26. The van der Waals surface area contributed by atoms with Crippen LogP contribution < -0.4 is 0 Å². The zero-order valence-electron chi connectivity index (χ0n) is 15.1. The lowest BCUT2D eigenvalue weighted by Crippen LogP contribution is -2.07. The maximum atomic E-state index is 11.4. The molecule has 0 aromatic rings. The Morgan fingerprint density at radius 2 is 1.33 bits per heavy atom. The Morgan fingerprint density at radius 3 is 1.75 bits per heavy atom. The van der Waals surface area contributed by atoms with Crippen LogP contribution in [0, 0.1) is 0 Å². The zero-order chi connectivity index (χ0) is 17.6. The van der Waals surface area contributed by atoms with Crippen molar-refractivity contribution >= 4 is 5.97 Å². The summed E-state index contributed by atoms with van der Waals surface area (Å²) in [7, 11) is 0. The van der Waals surface area contributed by atoms with E-state index in [-0.39, 0.29) is 5.76 Å². The Balaban J connectivity index is 1.88. The van der Waals surface area contributed by atoms with E-state index in [2.05, 4.69) is 13.2 Å². The summed E-state index contributed by atoms with van der Waals surface area (Å²) in [5, 5.41) is 9.71. The fraction of sp³-hybridized carbons (Fsp3) is 0.667. The van der Waals surface area contributed by atoms with Gasteiger partial charge in [0.1, 0.15) is 11.9 Å². The van der Waals surface area contributed by atoms with Gasteiger partial charge in [0.25, 0.3) is 0 Å². The number of rotatable bonds is 14. The summed E-state index contributed by atoms with van der Waals surface area (Å²) in [6, 6.07) is 0. The first-order valence-electron chi connectivity index (χ1n) is 9.56. The van der Waals surface area contributed by atoms with Crippen LogP contribution in [0.4, 0.5) is 0 Å². The fourth-order valence-corrected chi connectivity index (χ4v) is 3.00. The molecular formula is C21H34O3. The van der Waals surface area contributed by atoms with Crippen molar-refractivity contribution < 1.29 is 14.6 Å². The first-order valence-corrected chi connectivity index (χ1v) is 9.56. The maximum Gasteiger partial charge on any atom is 0.341 e. The second-order valence-corrected chi connectivity index (χ2v) is 6.67. The van der Waals surface area contributed by atoms with Crippen LogP contribution >= 0.6 is 0 Å². The number of allylic oxidation sites excluding steroid dienone is 2. The van der Waals surface area contributed by atoms with E-state index in [1.807, 2.05) is 6.08 Å². The molecule has 1 N–H and O–H groups in total. The Kier molecular flexibility index (Phi) is 11.2. The van der Waals surface area contributed by atoms with E-state index in [1.54, 1.807) is 6.08 Å². The molecule has 3 heteroatoms. The molecule has 0 bridgehead atoms. The summed E-state index contributed by atoms with van der Waals surface area (Å²) >= 11 is 0. The van der Waals surface area contributed by atoms with Crippen LogP contribution in [0.3, 0.4) is 0 Å². The molecule has 136 valence electrons. The van der Waals surface area contributed by atoms with Crippen molar-refractivity contribution in [1.29, 1.82) is 0 Å². The zero-order valence-corrected chi connectivity index (χ0v) is 15.1. The van der Waals surface area contributed by atoms with Gasteiger partial charge in [-0.3, -0.25) is 0 Å². The number of aliphatic hydroxyl groups excluding tert-OH is 1. The van der Waals surface area contributed by atoms with Gasteiger partial charge in [-0.25, -0.2) is 4.79 Å². The van der Waals surface area contributed by atoms with Crippen LogP contribution in [-0.4, -0.2) is 17.2 Å². The number of esters is 1. The van der Waals surface area contributed by atoms with Gasteiger partial charge in [-0.2, -0.15) is 0 Å². The van der Waals surface area contributed by atoms with E-state index < -0.39 is 12.1 Å². The van der Waals surface area contributed by atoms with Crippen LogP contribution in [-0.2, 0) is 9.53 Å². The largest absolute Gasteiger partial charge is 0.425 e. The number of aliphatic hydroxyl groups is 1. The maximum absolute atomic E-state index is 11.4. The molecule has 0 aromatic heterocycles. The second kappa shape index (κ2) is 13.0. The molecule has 1 rings (SSSR count). The van der Waals surface area contributed by atoms with Gasteiger partial charge >= 0.3 is 5.97 Å². The Hall–Kier alpha value is -1.35. The quantitative estimate of drug-likeness (QED) is 0.195. The summed E-state index contributed by atoms with van der Waals surface area (Å²) in [5.74, 6) is -0.302. The summed E-state index contributed by atoms with van der Waals surface area (Å²) in [5.41, 5.74) is 0.355. The molecular weight excluding hydrogens is 300 g/mol. The van der Waals surface area contributed by atoms with E-state index in [0.29, 0.717) is 5.57 Å². The van der Waals surface area contributed by atoms with E-state index in [0.717, 1.165) is 19.3 Å². The van der Waals surface area contributed by atoms with Gasteiger partial charge in [0.2, 0.25) is 0 Å². The lowest BCUT2D eigenvalue weighted by Gasteiger charge is -2.02. The van der Waals surface area contributed by atoms with Crippen LogP contribution in [0.2, 0.25) is 0 Å². The molecule has 1 fully saturated rings. The van der Waals surface area contributed by atoms with Gasteiger partial charge in [-0.1, -0.05) is 76.5 Å². The van der Waals surface area contributed by atoms with Gasteiger partial charge in [0, 0.05) is 0 Å². The Labute approximate surface area is 147 Å². The Bertz CT molecular complexity index is 423. The minimum atomic E-state index is -0.936. The van der Waals surface area contributed by atoms with Gasteiger partial charge in [0.15, 0.2) is 0 Å². The van der Waals surface area contributed by atoms with E-state index in [9.17, 15) is 9.90 Å². The topological polar surface area (TPSA) is 46.5 Å². The van der Waals surface area contributed by atoms with Crippen LogP contribution in [0.25, 0.3) is 0 Å². The van der Waals surface area contributed by atoms with E-state index in [1.165, 1.54) is 64.2 Å². The SMILES string of the molecule is C=CCCCCCCCCCCCCC/C=C1\C(=O)OC(=C)[C@@H]1O. The highest BCUT2D eigenvalue weighted by Crippen LogP contribution is 2.23. The highest BCUT2D eigenvalue weighted by molar-refractivity contribution is 5.93.